The molecule has 0 fully saturated rings. The van der Waals surface area contributed by atoms with Crippen LogP contribution in [0.25, 0.3) is 0 Å². The van der Waals surface area contributed by atoms with E-state index in [-0.39, 0.29) is 11.4 Å². The third-order valence-corrected chi connectivity index (χ3v) is 1.53. The molecule has 17 heavy (non-hydrogen) atoms. The Labute approximate surface area is 93.8 Å². The highest BCUT2D eigenvalue weighted by Gasteiger charge is 2.27. The molecule has 0 unspecified atom stereocenters. The van der Waals surface area contributed by atoms with Crippen molar-refractivity contribution >= 4 is 5.97 Å². The number of pyridine rings is 1. The van der Waals surface area contributed by atoms with Crippen LogP contribution in [0.2, 0.25) is 0 Å². The Morgan fingerprint density at radius 2 is 2.12 bits per heavy atom. The van der Waals surface area contributed by atoms with Crippen molar-refractivity contribution in [1.82, 2.24) is 4.98 Å². The first kappa shape index (κ1) is 13.2. The van der Waals surface area contributed by atoms with Gasteiger partial charge in [0, 0.05) is 0 Å². The molecule has 0 aliphatic heterocycles. The maximum absolute atomic E-state index is 11.7. The molecule has 0 amide bonds. The van der Waals surface area contributed by atoms with E-state index in [1.165, 1.54) is 12.1 Å². The van der Waals surface area contributed by atoms with Gasteiger partial charge in [0.05, 0.1) is 6.20 Å². The summed E-state index contributed by atoms with van der Waals surface area (Å²) >= 11 is 0. The summed E-state index contributed by atoms with van der Waals surface area (Å²) in [7, 11) is 0. The van der Waals surface area contributed by atoms with Gasteiger partial charge in [-0.1, -0.05) is 0 Å². The van der Waals surface area contributed by atoms with Crippen LogP contribution in [0.5, 0.6) is 5.75 Å². The standard InChI is InChI=1S/C9H8F3NO4/c10-9(11,12)4-16-5-17-6-1-2-7(8(14)15)13-3-6/h1-3H,4-5H2,(H,14,15). The Morgan fingerprint density at radius 1 is 1.41 bits per heavy atom. The van der Waals surface area contributed by atoms with E-state index in [0.29, 0.717) is 0 Å². The van der Waals surface area contributed by atoms with Crippen LogP contribution >= 0.6 is 0 Å². The average molecular weight is 251 g/mol. The van der Waals surface area contributed by atoms with E-state index >= 15 is 0 Å². The minimum Gasteiger partial charge on any atom is -0.477 e. The van der Waals surface area contributed by atoms with Crippen molar-refractivity contribution in [1.29, 1.82) is 0 Å². The predicted octanol–water partition coefficient (Wildman–Crippen LogP) is 1.70. The summed E-state index contributed by atoms with van der Waals surface area (Å²) in [5.41, 5.74) is -0.187. The number of halogens is 3. The minimum atomic E-state index is -4.41. The van der Waals surface area contributed by atoms with Crippen molar-refractivity contribution in [3.05, 3.63) is 24.0 Å². The summed E-state index contributed by atoms with van der Waals surface area (Å²) in [6.07, 6.45) is -3.32. The normalized spacial score (nSPS) is 11.2. The van der Waals surface area contributed by atoms with E-state index < -0.39 is 25.5 Å². The Hall–Kier alpha value is -1.83. The molecule has 5 nitrogen and oxygen atoms in total. The van der Waals surface area contributed by atoms with E-state index in [2.05, 4.69) is 9.72 Å². The predicted molar refractivity (Wildman–Crippen MR) is 48.7 cm³/mol. The van der Waals surface area contributed by atoms with E-state index in [4.69, 9.17) is 9.84 Å². The molecular formula is C9H8F3NO4. The maximum Gasteiger partial charge on any atom is 0.411 e. The van der Waals surface area contributed by atoms with Crippen molar-refractivity contribution in [3.8, 4) is 5.75 Å². The maximum atomic E-state index is 11.7. The van der Waals surface area contributed by atoms with Gasteiger partial charge in [-0.15, -0.1) is 0 Å². The first-order chi connectivity index (χ1) is 7.88. The molecule has 1 rings (SSSR count). The summed E-state index contributed by atoms with van der Waals surface area (Å²) in [4.78, 5) is 13.9. The summed E-state index contributed by atoms with van der Waals surface area (Å²) in [5, 5.41) is 8.53. The van der Waals surface area contributed by atoms with E-state index in [1.807, 2.05) is 0 Å². The number of carboxylic acids is 1. The third-order valence-electron chi connectivity index (χ3n) is 1.53. The number of carbonyl (C=O) groups is 1. The SMILES string of the molecule is O=C(O)c1ccc(OCOCC(F)(F)F)cn1. The minimum absolute atomic E-state index is 0.122. The molecule has 0 saturated carbocycles. The van der Waals surface area contributed by atoms with Gasteiger partial charge in [0.25, 0.3) is 0 Å². The average Bonchev–Trinajstić information content (AvgIpc) is 2.24. The largest absolute Gasteiger partial charge is 0.477 e. The summed E-state index contributed by atoms with van der Waals surface area (Å²) < 4.78 is 43.9. The fourth-order valence-electron chi connectivity index (χ4n) is 0.859. The van der Waals surface area contributed by atoms with Crippen LogP contribution in [0.1, 0.15) is 10.5 Å². The molecular weight excluding hydrogens is 243 g/mol. The lowest BCUT2D eigenvalue weighted by Crippen LogP contribution is -2.19. The topological polar surface area (TPSA) is 68.7 Å². The van der Waals surface area contributed by atoms with Crippen LogP contribution in [-0.4, -0.2) is 35.6 Å². The molecule has 1 aromatic rings. The molecule has 0 spiro atoms. The molecule has 8 heteroatoms. The van der Waals surface area contributed by atoms with Gasteiger partial charge in [-0.3, -0.25) is 0 Å². The molecule has 94 valence electrons. The number of alkyl halides is 3. The van der Waals surface area contributed by atoms with Gasteiger partial charge in [-0.2, -0.15) is 13.2 Å². The zero-order valence-corrected chi connectivity index (χ0v) is 8.40. The molecule has 1 aromatic heterocycles. The molecule has 0 radical (unpaired) electrons. The van der Waals surface area contributed by atoms with Crippen molar-refractivity contribution in [2.24, 2.45) is 0 Å². The second kappa shape index (κ2) is 5.48. The quantitative estimate of drug-likeness (QED) is 0.637. The van der Waals surface area contributed by atoms with Crippen LogP contribution in [-0.2, 0) is 4.74 Å². The van der Waals surface area contributed by atoms with Crippen LogP contribution in [0.15, 0.2) is 18.3 Å². The summed E-state index contributed by atoms with van der Waals surface area (Å²) in [6, 6.07) is 2.44. The molecule has 0 atom stereocenters. The van der Waals surface area contributed by atoms with Crippen LogP contribution in [0, 0.1) is 0 Å². The van der Waals surface area contributed by atoms with Gasteiger partial charge in [-0.25, -0.2) is 9.78 Å². The second-order valence-electron chi connectivity index (χ2n) is 2.91. The highest BCUT2D eigenvalue weighted by molar-refractivity contribution is 5.85. The second-order valence-corrected chi connectivity index (χ2v) is 2.91. The monoisotopic (exact) mass is 251 g/mol. The smallest absolute Gasteiger partial charge is 0.411 e. The Kier molecular flexibility index (Phi) is 4.27. The third kappa shape index (κ3) is 5.16. The molecule has 0 aliphatic rings. The zero-order chi connectivity index (χ0) is 12.9. The Morgan fingerprint density at radius 3 is 2.59 bits per heavy atom. The Balaban J connectivity index is 2.35. The van der Waals surface area contributed by atoms with Gasteiger partial charge in [0.1, 0.15) is 18.1 Å². The fourth-order valence-corrected chi connectivity index (χ4v) is 0.859. The van der Waals surface area contributed by atoms with Crippen LogP contribution < -0.4 is 4.74 Å². The highest BCUT2D eigenvalue weighted by Crippen LogP contribution is 2.15. The number of hydrogen-bond donors (Lipinski definition) is 1. The number of ether oxygens (including phenoxy) is 2. The lowest BCUT2D eigenvalue weighted by Gasteiger charge is -2.08. The van der Waals surface area contributed by atoms with E-state index in [1.54, 1.807) is 0 Å². The lowest BCUT2D eigenvalue weighted by molar-refractivity contribution is -0.186. The number of aromatic nitrogens is 1. The molecule has 0 aromatic carbocycles. The van der Waals surface area contributed by atoms with Crippen LogP contribution in [0.3, 0.4) is 0 Å². The number of rotatable bonds is 5. The van der Waals surface area contributed by atoms with Crippen molar-refractivity contribution < 1.29 is 32.5 Å². The van der Waals surface area contributed by atoms with Gasteiger partial charge >= 0.3 is 12.1 Å². The zero-order valence-electron chi connectivity index (χ0n) is 8.40. The van der Waals surface area contributed by atoms with Crippen LogP contribution in [0.4, 0.5) is 13.2 Å². The molecule has 1 N–H and O–H groups in total. The number of aromatic carboxylic acids is 1. The fraction of sp³-hybridized carbons (Fsp3) is 0.333. The first-order valence-electron chi connectivity index (χ1n) is 4.35. The van der Waals surface area contributed by atoms with Crippen molar-refractivity contribution in [2.75, 3.05) is 13.4 Å². The van der Waals surface area contributed by atoms with Gasteiger partial charge in [-0.05, 0) is 12.1 Å². The van der Waals surface area contributed by atoms with Gasteiger partial charge in [0.15, 0.2) is 6.79 Å². The number of carboxylic acid groups (broad SMARTS) is 1. The highest BCUT2D eigenvalue weighted by atomic mass is 19.4. The number of nitrogens with zero attached hydrogens (tertiary/aromatic N) is 1. The molecule has 0 bridgehead atoms. The van der Waals surface area contributed by atoms with Crippen molar-refractivity contribution in [3.63, 3.8) is 0 Å². The lowest BCUT2D eigenvalue weighted by atomic mass is 10.3. The van der Waals surface area contributed by atoms with Gasteiger partial charge < -0.3 is 14.6 Å². The number of hydrogen-bond acceptors (Lipinski definition) is 4. The molecule has 0 saturated heterocycles. The summed E-state index contributed by atoms with van der Waals surface area (Å²) in [6.45, 7) is -2.00. The first-order valence-corrected chi connectivity index (χ1v) is 4.35. The van der Waals surface area contributed by atoms with Crippen molar-refractivity contribution in [2.45, 2.75) is 6.18 Å². The Bertz CT molecular complexity index is 377. The van der Waals surface area contributed by atoms with E-state index in [9.17, 15) is 18.0 Å². The van der Waals surface area contributed by atoms with Gasteiger partial charge in [0.2, 0.25) is 0 Å². The summed E-state index contributed by atoms with van der Waals surface area (Å²) in [5.74, 6) is -1.08. The molecule has 1 heterocycles. The molecule has 0 aliphatic carbocycles. The van der Waals surface area contributed by atoms with E-state index in [0.717, 1.165) is 6.20 Å².